The van der Waals surface area contributed by atoms with Gasteiger partial charge < -0.3 is 9.67 Å². The average molecular weight is 278 g/mol. The minimum atomic E-state index is -0.701. The minimum Gasteiger partial charge on any atom is -0.481 e. The lowest BCUT2D eigenvalue weighted by Crippen LogP contribution is -2.17. The Morgan fingerprint density at radius 2 is 2.15 bits per heavy atom. The lowest BCUT2D eigenvalue weighted by molar-refractivity contribution is -0.141. The molecule has 2 rings (SSSR count). The van der Waals surface area contributed by atoms with Crippen molar-refractivity contribution in [3.8, 4) is 0 Å². The van der Waals surface area contributed by atoms with E-state index in [9.17, 15) is 9.90 Å². The maximum absolute atomic E-state index is 11.2. The number of hydrogen-bond acceptors (Lipinski definition) is 2. The van der Waals surface area contributed by atoms with Crippen molar-refractivity contribution >= 4 is 5.97 Å². The molecule has 0 aromatic carbocycles. The van der Waals surface area contributed by atoms with Crippen LogP contribution in [0.4, 0.5) is 0 Å². The van der Waals surface area contributed by atoms with E-state index in [0.29, 0.717) is 12.5 Å². The van der Waals surface area contributed by atoms with Crippen molar-refractivity contribution in [2.24, 2.45) is 11.8 Å². The Hall–Kier alpha value is -1.32. The molecule has 1 aromatic rings. The fourth-order valence-electron chi connectivity index (χ4n) is 3.14. The number of imidazole rings is 1. The van der Waals surface area contributed by atoms with Gasteiger partial charge >= 0.3 is 5.97 Å². The number of carboxylic acids is 1. The van der Waals surface area contributed by atoms with E-state index in [1.165, 1.54) is 25.7 Å². The summed E-state index contributed by atoms with van der Waals surface area (Å²) in [5.41, 5.74) is 0.921. The van der Waals surface area contributed by atoms with Gasteiger partial charge in [0, 0.05) is 18.7 Å². The third-order valence-electron chi connectivity index (χ3n) is 4.50. The SMILES string of the molecule is CCCC(Cc1cn(C2CCC(C)CC2)cn1)C(=O)O. The Morgan fingerprint density at radius 1 is 1.45 bits per heavy atom. The molecule has 1 fully saturated rings. The normalized spacial score (nSPS) is 24.5. The van der Waals surface area contributed by atoms with E-state index in [0.717, 1.165) is 24.5 Å². The van der Waals surface area contributed by atoms with Crippen LogP contribution in [0.1, 0.15) is 64.1 Å². The van der Waals surface area contributed by atoms with E-state index in [-0.39, 0.29) is 5.92 Å². The van der Waals surface area contributed by atoms with Crippen LogP contribution in [-0.4, -0.2) is 20.6 Å². The van der Waals surface area contributed by atoms with Gasteiger partial charge in [0.25, 0.3) is 0 Å². The first kappa shape index (κ1) is 15.1. The highest BCUT2D eigenvalue weighted by Gasteiger charge is 2.21. The molecule has 1 N–H and O–H groups in total. The Kier molecular flexibility index (Phi) is 5.21. The molecule has 0 amide bonds. The molecular formula is C16H26N2O2. The van der Waals surface area contributed by atoms with E-state index in [1.54, 1.807) is 0 Å². The van der Waals surface area contributed by atoms with E-state index >= 15 is 0 Å². The molecular weight excluding hydrogens is 252 g/mol. The Labute approximate surface area is 121 Å². The highest BCUT2D eigenvalue weighted by molar-refractivity contribution is 5.70. The third-order valence-corrected chi connectivity index (χ3v) is 4.50. The van der Waals surface area contributed by atoms with Crippen LogP contribution >= 0.6 is 0 Å². The summed E-state index contributed by atoms with van der Waals surface area (Å²) in [7, 11) is 0. The number of hydrogen-bond donors (Lipinski definition) is 1. The zero-order valence-corrected chi connectivity index (χ0v) is 12.6. The van der Waals surface area contributed by atoms with Gasteiger partial charge in [-0.3, -0.25) is 4.79 Å². The minimum absolute atomic E-state index is 0.297. The maximum Gasteiger partial charge on any atom is 0.306 e. The Balaban J connectivity index is 1.96. The van der Waals surface area contributed by atoms with Crippen molar-refractivity contribution in [3.63, 3.8) is 0 Å². The maximum atomic E-state index is 11.2. The summed E-state index contributed by atoms with van der Waals surface area (Å²) in [6, 6.07) is 0.557. The topological polar surface area (TPSA) is 55.1 Å². The quantitative estimate of drug-likeness (QED) is 0.863. The van der Waals surface area contributed by atoms with Crippen molar-refractivity contribution in [1.82, 2.24) is 9.55 Å². The fourth-order valence-corrected chi connectivity index (χ4v) is 3.14. The molecule has 0 aliphatic heterocycles. The van der Waals surface area contributed by atoms with E-state index in [1.807, 2.05) is 13.3 Å². The standard InChI is InChI=1S/C16H26N2O2/c1-3-4-13(16(19)20)9-14-10-18(11-17-14)15-7-5-12(2)6-8-15/h10-13,15H,3-9H2,1-2H3,(H,19,20). The number of carboxylic acid groups (broad SMARTS) is 1. The molecule has 1 aliphatic rings. The number of nitrogens with zero attached hydrogens (tertiary/aromatic N) is 2. The smallest absolute Gasteiger partial charge is 0.306 e. The molecule has 1 aromatic heterocycles. The van der Waals surface area contributed by atoms with E-state index in [2.05, 4.69) is 22.7 Å². The van der Waals surface area contributed by atoms with Gasteiger partial charge in [-0.1, -0.05) is 20.3 Å². The summed E-state index contributed by atoms with van der Waals surface area (Å²) in [5.74, 6) is -0.155. The van der Waals surface area contributed by atoms with Crippen LogP contribution in [0, 0.1) is 11.8 Å². The highest BCUT2D eigenvalue weighted by Crippen LogP contribution is 2.31. The Morgan fingerprint density at radius 3 is 2.75 bits per heavy atom. The molecule has 1 unspecified atom stereocenters. The van der Waals surface area contributed by atoms with Crippen LogP contribution in [0.3, 0.4) is 0 Å². The van der Waals surface area contributed by atoms with Gasteiger partial charge in [-0.2, -0.15) is 0 Å². The summed E-state index contributed by atoms with van der Waals surface area (Å²) in [6.45, 7) is 4.34. The predicted octanol–water partition coefficient (Wildman–Crippen LogP) is 3.68. The van der Waals surface area contributed by atoms with Crippen LogP contribution in [0.2, 0.25) is 0 Å². The molecule has 1 aliphatic carbocycles. The Bertz CT molecular complexity index is 433. The second-order valence-corrected chi connectivity index (χ2v) is 6.25. The van der Waals surface area contributed by atoms with Crippen LogP contribution < -0.4 is 0 Å². The van der Waals surface area contributed by atoms with Gasteiger partial charge in [0.1, 0.15) is 0 Å². The largest absolute Gasteiger partial charge is 0.481 e. The van der Waals surface area contributed by atoms with Crippen molar-refractivity contribution in [3.05, 3.63) is 18.2 Å². The highest BCUT2D eigenvalue weighted by atomic mass is 16.4. The van der Waals surface area contributed by atoms with Crippen molar-refractivity contribution in [1.29, 1.82) is 0 Å². The number of carbonyl (C=O) groups is 1. The first-order valence-electron chi connectivity index (χ1n) is 7.85. The second kappa shape index (κ2) is 6.91. The third kappa shape index (κ3) is 3.84. The fraction of sp³-hybridized carbons (Fsp3) is 0.750. The van der Waals surface area contributed by atoms with E-state index < -0.39 is 5.97 Å². The van der Waals surface area contributed by atoms with Gasteiger partial charge in [0.05, 0.1) is 17.9 Å². The summed E-state index contributed by atoms with van der Waals surface area (Å²) in [5, 5.41) is 9.22. The van der Waals surface area contributed by atoms with Crippen LogP contribution in [0.5, 0.6) is 0 Å². The van der Waals surface area contributed by atoms with Crippen LogP contribution in [-0.2, 0) is 11.2 Å². The molecule has 0 radical (unpaired) electrons. The lowest BCUT2D eigenvalue weighted by Gasteiger charge is -2.26. The summed E-state index contributed by atoms with van der Waals surface area (Å²) in [4.78, 5) is 15.6. The van der Waals surface area contributed by atoms with Gasteiger partial charge in [-0.25, -0.2) is 4.98 Å². The lowest BCUT2D eigenvalue weighted by atomic mass is 9.87. The van der Waals surface area contributed by atoms with Gasteiger partial charge in [0.15, 0.2) is 0 Å². The zero-order valence-electron chi connectivity index (χ0n) is 12.6. The second-order valence-electron chi connectivity index (χ2n) is 6.25. The van der Waals surface area contributed by atoms with Gasteiger partial charge in [-0.15, -0.1) is 0 Å². The molecule has 112 valence electrons. The van der Waals surface area contributed by atoms with Crippen molar-refractivity contribution in [2.75, 3.05) is 0 Å². The van der Waals surface area contributed by atoms with Crippen molar-refractivity contribution < 1.29 is 9.90 Å². The zero-order chi connectivity index (χ0) is 14.5. The monoisotopic (exact) mass is 278 g/mol. The average Bonchev–Trinajstić information content (AvgIpc) is 2.87. The molecule has 0 spiro atoms. The molecule has 4 nitrogen and oxygen atoms in total. The van der Waals surface area contributed by atoms with Crippen LogP contribution in [0.15, 0.2) is 12.5 Å². The number of rotatable bonds is 6. The number of aromatic nitrogens is 2. The summed E-state index contributed by atoms with van der Waals surface area (Å²) in [6.07, 6.45) is 11.1. The summed E-state index contributed by atoms with van der Waals surface area (Å²) < 4.78 is 2.20. The van der Waals surface area contributed by atoms with Crippen LogP contribution in [0.25, 0.3) is 0 Å². The first-order chi connectivity index (χ1) is 9.60. The van der Waals surface area contributed by atoms with Crippen molar-refractivity contribution in [2.45, 2.75) is 64.8 Å². The molecule has 4 heteroatoms. The van der Waals surface area contributed by atoms with Gasteiger partial charge in [-0.05, 0) is 38.0 Å². The molecule has 0 bridgehead atoms. The molecule has 1 saturated carbocycles. The molecule has 1 heterocycles. The molecule has 0 saturated heterocycles. The predicted molar refractivity (Wildman–Crippen MR) is 78.6 cm³/mol. The number of aliphatic carboxylic acids is 1. The first-order valence-corrected chi connectivity index (χ1v) is 7.85. The van der Waals surface area contributed by atoms with E-state index in [4.69, 9.17) is 0 Å². The van der Waals surface area contributed by atoms with Gasteiger partial charge in [0.2, 0.25) is 0 Å². The molecule has 20 heavy (non-hydrogen) atoms. The molecule has 1 atom stereocenters. The summed E-state index contributed by atoms with van der Waals surface area (Å²) >= 11 is 0.